The summed E-state index contributed by atoms with van der Waals surface area (Å²) in [5.41, 5.74) is 8.02. The van der Waals surface area contributed by atoms with Crippen LogP contribution in [0.4, 0.5) is 5.69 Å². The van der Waals surface area contributed by atoms with Crippen LogP contribution in [0.2, 0.25) is 0 Å². The van der Waals surface area contributed by atoms with Crippen molar-refractivity contribution in [1.29, 1.82) is 0 Å². The highest BCUT2D eigenvalue weighted by molar-refractivity contribution is 5.92. The van der Waals surface area contributed by atoms with Crippen LogP contribution in [0.3, 0.4) is 0 Å². The molecule has 1 aromatic rings. The molecule has 0 fully saturated rings. The number of nitrogens with two attached hydrogens (primary N) is 1. The number of anilines is 1. The van der Waals surface area contributed by atoms with Crippen molar-refractivity contribution >= 4 is 11.6 Å². The summed E-state index contributed by atoms with van der Waals surface area (Å²) in [5.74, 6) is 0.0874. The van der Waals surface area contributed by atoms with Crippen molar-refractivity contribution in [1.82, 2.24) is 0 Å². The molecule has 14 heavy (non-hydrogen) atoms. The summed E-state index contributed by atoms with van der Waals surface area (Å²) in [4.78, 5) is 13.1. The number of benzene rings is 1. The van der Waals surface area contributed by atoms with Gasteiger partial charge in [-0.15, -0.1) is 0 Å². The van der Waals surface area contributed by atoms with Crippen LogP contribution in [0.15, 0.2) is 24.3 Å². The third kappa shape index (κ3) is 1.40. The first kappa shape index (κ1) is 9.21. The van der Waals surface area contributed by atoms with Gasteiger partial charge in [-0.25, -0.2) is 0 Å². The summed E-state index contributed by atoms with van der Waals surface area (Å²) < 4.78 is 0. The van der Waals surface area contributed by atoms with E-state index >= 15 is 0 Å². The lowest BCUT2D eigenvalue weighted by atomic mass is 9.97. The first-order valence-corrected chi connectivity index (χ1v) is 4.83. The van der Waals surface area contributed by atoms with Gasteiger partial charge < -0.3 is 10.6 Å². The van der Waals surface area contributed by atoms with E-state index in [0.717, 1.165) is 24.2 Å². The third-order valence-corrected chi connectivity index (χ3v) is 2.67. The van der Waals surface area contributed by atoms with Gasteiger partial charge in [0.2, 0.25) is 5.91 Å². The first-order valence-electron chi connectivity index (χ1n) is 4.83. The molecule has 1 atom stereocenters. The molecule has 1 amide bonds. The summed E-state index contributed by atoms with van der Waals surface area (Å²) in [6.45, 7) is 2.32. The highest BCUT2D eigenvalue weighted by Crippen LogP contribution is 2.31. The average Bonchev–Trinajstić information content (AvgIpc) is 2.18. The fourth-order valence-electron chi connectivity index (χ4n) is 1.92. The van der Waals surface area contributed by atoms with Crippen LogP contribution in [-0.2, 0) is 4.79 Å². The first-order chi connectivity index (χ1) is 6.70. The van der Waals surface area contributed by atoms with Crippen LogP contribution < -0.4 is 10.6 Å². The lowest BCUT2D eigenvalue weighted by Gasteiger charge is -2.31. The molecule has 2 rings (SSSR count). The Morgan fingerprint density at radius 3 is 2.93 bits per heavy atom. The number of hydrogen-bond donors (Lipinski definition) is 1. The second-order valence-corrected chi connectivity index (χ2v) is 3.62. The minimum Gasteiger partial charge on any atom is -0.324 e. The molecule has 0 aliphatic carbocycles. The van der Waals surface area contributed by atoms with Crippen LogP contribution in [0.5, 0.6) is 0 Å². The SMILES string of the molecule is CC(=O)N1CC[C@H](N)c2ccccc21. The lowest BCUT2D eigenvalue weighted by molar-refractivity contribution is -0.116. The van der Waals surface area contributed by atoms with Gasteiger partial charge in [-0.3, -0.25) is 4.79 Å². The number of nitrogens with zero attached hydrogens (tertiary/aromatic N) is 1. The highest BCUT2D eigenvalue weighted by Gasteiger charge is 2.23. The van der Waals surface area contributed by atoms with Crippen molar-refractivity contribution in [3.05, 3.63) is 29.8 Å². The number of para-hydroxylation sites is 1. The Balaban J connectivity index is 2.46. The Labute approximate surface area is 83.5 Å². The number of carbonyl (C=O) groups excluding carboxylic acids is 1. The molecule has 0 radical (unpaired) electrons. The Morgan fingerprint density at radius 1 is 1.50 bits per heavy atom. The van der Waals surface area contributed by atoms with Crippen LogP contribution in [0.1, 0.15) is 24.9 Å². The number of rotatable bonds is 0. The summed E-state index contributed by atoms with van der Waals surface area (Å²) >= 11 is 0. The molecular weight excluding hydrogens is 176 g/mol. The van der Waals surface area contributed by atoms with Crippen molar-refractivity contribution in [2.75, 3.05) is 11.4 Å². The molecule has 74 valence electrons. The van der Waals surface area contributed by atoms with Crippen LogP contribution in [0, 0.1) is 0 Å². The minimum atomic E-state index is 0.0711. The molecule has 0 spiro atoms. The summed E-state index contributed by atoms with van der Waals surface area (Å²) in [6, 6.07) is 7.92. The van der Waals surface area contributed by atoms with Gasteiger partial charge in [0, 0.05) is 25.2 Å². The summed E-state index contributed by atoms with van der Waals surface area (Å²) in [7, 11) is 0. The van der Waals surface area contributed by atoms with Gasteiger partial charge in [-0.05, 0) is 18.1 Å². The number of hydrogen-bond acceptors (Lipinski definition) is 2. The quantitative estimate of drug-likeness (QED) is 0.673. The monoisotopic (exact) mass is 190 g/mol. The Bertz CT molecular complexity index is 362. The maximum Gasteiger partial charge on any atom is 0.223 e. The molecule has 0 unspecified atom stereocenters. The van der Waals surface area contributed by atoms with Crippen molar-refractivity contribution in [2.24, 2.45) is 5.73 Å². The van der Waals surface area contributed by atoms with Crippen molar-refractivity contribution < 1.29 is 4.79 Å². The molecule has 1 aliphatic heterocycles. The van der Waals surface area contributed by atoms with Crippen LogP contribution in [-0.4, -0.2) is 12.5 Å². The molecule has 1 aromatic carbocycles. The van der Waals surface area contributed by atoms with Gasteiger partial charge in [0.05, 0.1) is 0 Å². The number of carbonyl (C=O) groups is 1. The fourth-order valence-corrected chi connectivity index (χ4v) is 1.92. The molecule has 3 heteroatoms. The van der Waals surface area contributed by atoms with E-state index in [1.54, 1.807) is 11.8 Å². The summed E-state index contributed by atoms with van der Waals surface area (Å²) in [6.07, 6.45) is 0.844. The van der Waals surface area contributed by atoms with Gasteiger partial charge in [0.25, 0.3) is 0 Å². The minimum absolute atomic E-state index is 0.0711. The van der Waals surface area contributed by atoms with Crippen molar-refractivity contribution in [3.8, 4) is 0 Å². The Hall–Kier alpha value is -1.35. The van der Waals surface area contributed by atoms with Gasteiger partial charge in [-0.2, -0.15) is 0 Å². The molecule has 2 N–H and O–H groups in total. The van der Waals surface area contributed by atoms with E-state index in [1.165, 1.54) is 0 Å². The topological polar surface area (TPSA) is 46.3 Å². The maximum absolute atomic E-state index is 11.4. The Morgan fingerprint density at radius 2 is 2.21 bits per heavy atom. The van der Waals surface area contributed by atoms with Gasteiger partial charge in [0.1, 0.15) is 0 Å². The average molecular weight is 190 g/mol. The predicted molar refractivity (Wildman–Crippen MR) is 56.0 cm³/mol. The van der Waals surface area contributed by atoms with Crippen LogP contribution >= 0.6 is 0 Å². The van der Waals surface area contributed by atoms with E-state index in [1.807, 2.05) is 24.3 Å². The largest absolute Gasteiger partial charge is 0.324 e. The molecule has 0 saturated heterocycles. The summed E-state index contributed by atoms with van der Waals surface area (Å²) in [5, 5.41) is 0. The van der Waals surface area contributed by atoms with E-state index in [4.69, 9.17) is 5.73 Å². The van der Waals surface area contributed by atoms with E-state index in [0.29, 0.717) is 0 Å². The van der Waals surface area contributed by atoms with E-state index in [-0.39, 0.29) is 11.9 Å². The molecule has 1 heterocycles. The van der Waals surface area contributed by atoms with Gasteiger partial charge in [0.15, 0.2) is 0 Å². The van der Waals surface area contributed by atoms with E-state index < -0.39 is 0 Å². The number of fused-ring (bicyclic) bond motifs is 1. The second kappa shape index (κ2) is 3.42. The van der Waals surface area contributed by atoms with E-state index in [9.17, 15) is 4.79 Å². The van der Waals surface area contributed by atoms with Crippen molar-refractivity contribution in [3.63, 3.8) is 0 Å². The normalized spacial score (nSPS) is 20.4. The molecule has 0 aromatic heterocycles. The van der Waals surface area contributed by atoms with Crippen LogP contribution in [0.25, 0.3) is 0 Å². The third-order valence-electron chi connectivity index (χ3n) is 2.67. The molecule has 0 bridgehead atoms. The maximum atomic E-state index is 11.4. The smallest absolute Gasteiger partial charge is 0.223 e. The predicted octanol–water partition coefficient (Wildman–Crippen LogP) is 1.44. The standard InChI is InChI=1S/C11H14N2O/c1-8(14)13-7-6-10(12)9-4-2-3-5-11(9)13/h2-5,10H,6-7,12H2,1H3/t10-/m0/s1. The molecular formula is C11H14N2O. The van der Waals surface area contributed by atoms with E-state index in [2.05, 4.69) is 0 Å². The fraction of sp³-hybridized carbons (Fsp3) is 0.364. The second-order valence-electron chi connectivity index (χ2n) is 3.62. The van der Waals surface area contributed by atoms with Crippen molar-refractivity contribution in [2.45, 2.75) is 19.4 Å². The molecule has 1 aliphatic rings. The lowest BCUT2D eigenvalue weighted by Crippen LogP contribution is -2.36. The zero-order valence-electron chi connectivity index (χ0n) is 8.23. The molecule has 3 nitrogen and oxygen atoms in total. The van der Waals surface area contributed by atoms with Gasteiger partial charge >= 0.3 is 0 Å². The zero-order chi connectivity index (χ0) is 10.1. The highest BCUT2D eigenvalue weighted by atomic mass is 16.2. The number of amides is 1. The van der Waals surface area contributed by atoms with Gasteiger partial charge in [-0.1, -0.05) is 18.2 Å². The zero-order valence-corrected chi connectivity index (χ0v) is 8.23. The molecule has 0 saturated carbocycles. The Kier molecular flexibility index (Phi) is 2.25.